The topological polar surface area (TPSA) is 8.81 Å². The van der Waals surface area contributed by atoms with Crippen molar-refractivity contribution in [3.63, 3.8) is 0 Å². The number of rotatable bonds is 4. The molecule has 6 rings (SSSR count). The Balaban J connectivity index is 1.66. The molecule has 2 aromatic heterocycles. The fourth-order valence-electron chi connectivity index (χ4n) is 5.52. The summed E-state index contributed by atoms with van der Waals surface area (Å²) in [6.45, 7) is 5.53. The molecule has 3 heteroatoms. The van der Waals surface area contributed by atoms with Crippen LogP contribution in [0.5, 0.6) is 0 Å². The molecule has 3 heterocycles. The molecule has 0 unspecified atom stereocenters. The van der Waals surface area contributed by atoms with Crippen LogP contribution in [0, 0.1) is 0 Å². The van der Waals surface area contributed by atoms with Gasteiger partial charge < -0.3 is 4.57 Å². The van der Waals surface area contributed by atoms with Gasteiger partial charge in [0, 0.05) is 52.5 Å². The number of benzene rings is 3. The summed E-state index contributed by atoms with van der Waals surface area (Å²) in [6.07, 6.45) is 2.25. The number of thiol groups is 1. The third kappa shape index (κ3) is 2.99. The van der Waals surface area contributed by atoms with E-state index in [0.29, 0.717) is 0 Å². The smallest absolute Gasteiger partial charge is 0.215 e. The van der Waals surface area contributed by atoms with Gasteiger partial charge in [-0.05, 0) is 31.0 Å². The molecule has 1 aliphatic rings. The zero-order valence-electron chi connectivity index (χ0n) is 19.0. The quantitative estimate of drug-likeness (QED) is 0.229. The van der Waals surface area contributed by atoms with Crippen molar-refractivity contribution in [3.8, 4) is 28.1 Å². The Morgan fingerprint density at radius 1 is 0.818 bits per heavy atom. The van der Waals surface area contributed by atoms with Crippen LogP contribution in [0.15, 0.2) is 97.2 Å². The van der Waals surface area contributed by atoms with E-state index in [-0.39, 0.29) is 5.41 Å². The fourth-order valence-corrected chi connectivity index (χ4v) is 5.72. The summed E-state index contributed by atoms with van der Waals surface area (Å²) in [5.41, 5.74) is 10.3. The number of hydrogen-bond acceptors (Lipinski definition) is 1. The van der Waals surface area contributed by atoms with E-state index in [1.807, 2.05) is 0 Å². The lowest BCUT2D eigenvalue weighted by molar-refractivity contribution is -0.599. The van der Waals surface area contributed by atoms with Crippen LogP contribution in [0.25, 0.3) is 39.0 Å². The second kappa shape index (κ2) is 7.64. The minimum atomic E-state index is -0.0526. The summed E-state index contributed by atoms with van der Waals surface area (Å²) >= 11 is 4.59. The molecule has 33 heavy (non-hydrogen) atoms. The number of aromatic nitrogens is 2. The van der Waals surface area contributed by atoms with Crippen molar-refractivity contribution in [1.82, 2.24) is 4.57 Å². The Morgan fingerprint density at radius 3 is 2.36 bits per heavy atom. The summed E-state index contributed by atoms with van der Waals surface area (Å²) in [4.78, 5) is 0. The Bertz CT molecular complexity index is 1500. The molecule has 3 aromatic carbocycles. The van der Waals surface area contributed by atoms with Gasteiger partial charge in [0.2, 0.25) is 5.69 Å². The van der Waals surface area contributed by atoms with E-state index in [4.69, 9.17) is 0 Å². The maximum atomic E-state index is 4.59. The van der Waals surface area contributed by atoms with E-state index in [1.165, 1.54) is 50.2 Å². The maximum Gasteiger partial charge on any atom is 0.215 e. The van der Waals surface area contributed by atoms with Crippen LogP contribution in [0.3, 0.4) is 0 Å². The molecule has 0 saturated heterocycles. The van der Waals surface area contributed by atoms with Crippen molar-refractivity contribution in [2.75, 3.05) is 5.75 Å². The average molecular weight is 448 g/mol. The third-order valence-corrected chi connectivity index (χ3v) is 7.26. The van der Waals surface area contributed by atoms with Gasteiger partial charge in [0.15, 0.2) is 11.9 Å². The number of aryl methyl sites for hydroxylation is 1. The van der Waals surface area contributed by atoms with Crippen LogP contribution < -0.4 is 4.57 Å². The summed E-state index contributed by atoms with van der Waals surface area (Å²) < 4.78 is 4.79. The van der Waals surface area contributed by atoms with Gasteiger partial charge in [0.05, 0.1) is 11.1 Å². The first-order chi connectivity index (χ1) is 16.1. The monoisotopic (exact) mass is 447 g/mol. The Hall–Kier alpha value is -3.30. The van der Waals surface area contributed by atoms with E-state index >= 15 is 0 Å². The van der Waals surface area contributed by atoms with Crippen LogP contribution in [-0.2, 0) is 12.0 Å². The number of pyridine rings is 1. The molecular formula is C30H27N2S+. The van der Waals surface area contributed by atoms with Gasteiger partial charge in [-0.1, -0.05) is 66.7 Å². The molecule has 2 nitrogen and oxygen atoms in total. The molecule has 0 saturated carbocycles. The van der Waals surface area contributed by atoms with Crippen molar-refractivity contribution in [2.24, 2.45) is 0 Å². The molecule has 0 atom stereocenters. The predicted molar refractivity (Wildman–Crippen MR) is 140 cm³/mol. The molecule has 0 aliphatic carbocycles. The first-order valence-corrected chi connectivity index (χ1v) is 12.2. The summed E-state index contributed by atoms with van der Waals surface area (Å²) in [6, 6.07) is 33.0. The lowest BCUT2D eigenvalue weighted by Gasteiger charge is -2.15. The van der Waals surface area contributed by atoms with Gasteiger partial charge in [-0.15, -0.1) is 0 Å². The molecule has 1 aliphatic heterocycles. The second-order valence-electron chi connectivity index (χ2n) is 9.29. The molecule has 0 spiro atoms. The maximum absolute atomic E-state index is 4.59. The number of para-hydroxylation sites is 2. The first-order valence-electron chi connectivity index (χ1n) is 11.5. The van der Waals surface area contributed by atoms with Crippen LogP contribution in [-0.4, -0.2) is 10.3 Å². The molecule has 0 bridgehead atoms. The number of nitrogens with zero attached hydrogens (tertiary/aromatic N) is 2. The molecule has 162 valence electrons. The molecule has 0 amide bonds. The van der Waals surface area contributed by atoms with Gasteiger partial charge in [-0.3, -0.25) is 0 Å². The second-order valence-corrected chi connectivity index (χ2v) is 9.74. The minimum Gasteiger partial charge on any atom is -0.339 e. The van der Waals surface area contributed by atoms with Crippen LogP contribution >= 0.6 is 12.6 Å². The fraction of sp³-hybridized carbons (Fsp3) is 0.167. The zero-order valence-corrected chi connectivity index (χ0v) is 19.9. The predicted octanol–water partition coefficient (Wildman–Crippen LogP) is 6.82. The Morgan fingerprint density at radius 2 is 1.55 bits per heavy atom. The SMILES string of the molecule is CC1(C)c2ccccc2-[n+]2ccc(-c3c(-c4ccccc4)n(CCS)c4ccccc34)cc21. The summed E-state index contributed by atoms with van der Waals surface area (Å²) in [5.74, 6) is 0.792. The van der Waals surface area contributed by atoms with Gasteiger partial charge in [-0.25, -0.2) is 0 Å². The highest BCUT2D eigenvalue weighted by molar-refractivity contribution is 7.80. The van der Waals surface area contributed by atoms with Crippen molar-refractivity contribution in [2.45, 2.75) is 25.8 Å². The average Bonchev–Trinajstić information content (AvgIpc) is 3.30. The number of fused-ring (bicyclic) bond motifs is 4. The van der Waals surface area contributed by atoms with Crippen LogP contribution in [0.4, 0.5) is 0 Å². The van der Waals surface area contributed by atoms with E-state index < -0.39 is 0 Å². The van der Waals surface area contributed by atoms with Crippen molar-refractivity contribution >= 4 is 23.5 Å². The van der Waals surface area contributed by atoms with Crippen molar-refractivity contribution in [3.05, 3.63) is 108 Å². The van der Waals surface area contributed by atoms with Gasteiger partial charge in [-0.2, -0.15) is 17.2 Å². The highest BCUT2D eigenvalue weighted by Gasteiger charge is 2.43. The van der Waals surface area contributed by atoms with Crippen molar-refractivity contribution < 1.29 is 4.57 Å². The van der Waals surface area contributed by atoms with E-state index in [9.17, 15) is 0 Å². The highest BCUT2D eigenvalue weighted by atomic mass is 32.1. The minimum absolute atomic E-state index is 0.0526. The normalized spacial score (nSPS) is 13.8. The zero-order chi connectivity index (χ0) is 22.6. The van der Waals surface area contributed by atoms with Gasteiger partial charge in [0.1, 0.15) is 0 Å². The van der Waals surface area contributed by atoms with E-state index in [0.717, 1.165) is 12.3 Å². The summed E-state index contributed by atoms with van der Waals surface area (Å²) in [7, 11) is 0. The Kier molecular flexibility index (Phi) is 4.70. The largest absolute Gasteiger partial charge is 0.339 e. The van der Waals surface area contributed by atoms with Gasteiger partial charge in [0.25, 0.3) is 0 Å². The van der Waals surface area contributed by atoms with E-state index in [2.05, 4.69) is 133 Å². The van der Waals surface area contributed by atoms with Crippen LogP contribution in [0.1, 0.15) is 25.1 Å². The molecule has 0 N–H and O–H groups in total. The summed E-state index contributed by atoms with van der Waals surface area (Å²) in [5, 5.41) is 1.29. The highest BCUT2D eigenvalue weighted by Crippen LogP contribution is 2.44. The lowest BCUT2D eigenvalue weighted by atomic mass is 9.82. The third-order valence-electron chi connectivity index (χ3n) is 7.06. The van der Waals surface area contributed by atoms with Crippen LogP contribution in [0.2, 0.25) is 0 Å². The molecule has 5 aromatic rings. The molecule has 0 radical (unpaired) electrons. The van der Waals surface area contributed by atoms with Gasteiger partial charge >= 0.3 is 0 Å². The first kappa shape index (κ1) is 20.3. The standard InChI is InChI=1S/C30H26N2S/c1-30(2)24-13-7-9-15-26(24)31-17-16-22(20-27(30)31)28-23-12-6-8-14-25(23)32(18-19-33)29(28)21-10-4-3-5-11-21/h3-17,20H,18-19H2,1-2H3/p+1. The number of hydrogen-bond donors (Lipinski definition) is 1. The molecule has 0 fully saturated rings. The molecular weight excluding hydrogens is 420 g/mol. The lowest BCUT2D eigenvalue weighted by Crippen LogP contribution is -2.34. The van der Waals surface area contributed by atoms with Crippen molar-refractivity contribution in [1.29, 1.82) is 0 Å². The van der Waals surface area contributed by atoms with E-state index in [1.54, 1.807) is 0 Å². The Labute approximate surface area is 200 Å².